The van der Waals surface area contributed by atoms with Crippen LogP contribution < -0.4 is 10.9 Å². The minimum Gasteiger partial charge on any atom is -0.458 e. The van der Waals surface area contributed by atoms with Crippen LogP contribution in [0.5, 0.6) is 0 Å². The van der Waals surface area contributed by atoms with E-state index in [0.29, 0.717) is 41.7 Å². The molecule has 2 aliphatic heterocycles. The molecule has 4 heterocycles. The number of aryl methyl sites for hydroxylation is 1. The van der Waals surface area contributed by atoms with Gasteiger partial charge in [-0.15, -0.1) is 0 Å². The molecule has 1 amide bonds. The van der Waals surface area contributed by atoms with E-state index >= 15 is 0 Å². The van der Waals surface area contributed by atoms with Crippen molar-refractivity contribution in [3.05, 3.63) is 61.7 Å². The lowest BCUT2D eigenvalue weighted by molar-refractivity contribution is -0.172. The summed E-state index contributed by atoms with van der Waals surface area (Å²) in [5, 5.41) is 14.8. The van der Waals surface area contributed by atoms with Crippen molar-refractivity contribution in [3.63, 3.8) is 0 Å². The summed E-state index contributed by atoms with van der Waals surface area (Å²) in [6.07, 6.45) is 1.90. The monoisotopic (exact) mass is 463 g/mol. The van der Waals surface area contributed by atoms with Crippen molar-refractivity contribution in [2.45, 2.75) is 57.9 Å². The number of hydrogen-bond donors (Lipinski definition) is 2. The molecule has 1 aliphatic carbocycles. The summed E-state index contributed by atoms with van der Waals surface area (Å²) in [7, 11) is 0. The van der Waals surface area contributed by atoms with Gasteiger partial charge in [0.05, 0.1) is 35.1 Å². The normalized spacial score (nSPS) is 22.1. The van der Waals surface area contributed by atoms with Gasteiger partial charge in [0.15, 0.2) is 5.60 Å². The molecule has 0 spiro atoms. The van der Waals surface area contributed by atoms with Crippen LogP contribution in [0.3, 0.4) is 0 Å². The summed E-state index contributed by atoms with van der Waals surface area (Å²) in [5.74, 6) is -1.14. The molecule has 0 radical (unpaired) electrons. The van der Waals surface area contributed by atoms with Gasteiger partial charge in [0.25, 0.3) is 5.56 Å². The Kier molecular flexibility index (Phi) is 4.29. The summed E-state index contributed by atoms with van der Waals surface area (Å²) in [6, 6.07) is 2.72. The number of aromatic nitrogens is 2. The van der Waals surface area contributed by atoms with Crippen molar-refractivity contribution in [3.8, 4) is 11.4 Å². The summed E-state index contributed by atoms with van der Waals surface area (Å²) in [4.78, 5) is 42.0. The number of nitrogens with zero attached hydrogens (tertiary/aromatic N) is 2. The number of nitrogens with one attached hydrogen (secondary N) is 1. The molecule has 174 valence electrons. The van der Waals surface area contributed by atoms with Crippen molar-refractivity contribution in [1.82, 2.24) is 14.9 Å². The van der Waals surface area contributed by atoms with E-state index in [4.69, 9.17) is 9.72 Å². The van der Waals surface area contributed by atoms with Crippen LogP contribution in [0.4, 0.5) is 4.39 Å². The number of ether oxygens (including phenoxy) is 1. The first-order valence-electron chi connectivity index (χ1n) is 11.3. The second kappa shape index (κ2) is 6.96. The molecule has 0 saturated heterocycles. The van der Waals surface area contributed by atoms with E-state index in [1.165, 1.54) is 6.07 Å². The molecule has 0 saturated carbocycles. The maximum atomic E-state index is 14.8. The number of pyridine rings is 2. The summed E-state index contributed by atoms with van der Waals surface area (Å²) < 4.78 is 21.5. The van der Waals surface area contributed by atoms with E-state index in [0.717, 1.165) is 22.1 Å². The first kappa shape index (κ1) is 21.0. The molecule has 2 N–H and O–H groups in total. The molecule has 3 aliphatic rings. The third kappa shape index (κ3) is 2.50. The second-order valence-corrected chi connectivity index (χ2v) is 9.19. The van der Waals surface area contributed by atoms with Gasteiger partial charge in [-0.05, 0) is 48.9 Å². The standard InChI is InChI=1S/C25H22FN3O5/c1-3-25(33)15-6-19-22-13(8-29(19)23(31)14(15)9-34-24(25)32)21-17(27-10-30)5-4-12-11(2)16(26)7-18(28-22)20(12)21/h6-7,10,17,33H,3-5,8-9H2,1-2H3,(H,27,30). The molecule has 2 unspecified atom stereocenters. The van der Waals surface area contributed by atoms with Gasteiger partial charge in [-0.2, -0.15) is 0 Å². The van der Waals surface area contributed by atoms with Gasteiger partial charge in [0, 0.05) is 22.6 Å². The lowest BCUT2D eigenvalue weighted by atomic mass is 9.81. The van der Waals surface area contributed by atoms with Crippen LogP contribution in [-0.4, -0.2) is 27.0 Å². The van der Waals surface area contributed by atoms with Gasteiger partial charge in [0.1, 0.15) is 12.4 Å². The highest BCUT2D eigenvalue weighted by atomic mass is 19.1. The Morgan fingerprint density at radius 1 is 1.32 bits per heavy atom. The predicted octanol–water partition coefficient (Wildman–Crippen LogP) is 2.26. The Balaban J connectivity index is 1.69. The van der Waals surface area contributed by atoms with Crippen LogP contribution in [0.15, 0.2) is 16.9 Å². The molecule has 9 heteroatoms. The quantitative estimate of drug-likeness (QED) is 0.356. The summed E-state index contributed by atoms with van der Waals surface area (Å²) >= 11 is 0. The number of carbonyl (C=O) groups is 2. The van der Waals surface area contributed by atoms with Gasteiger partial charge in [-0.1, -0.05) is 6.92 Å². The van der Waals surface area contributed by atoms with Gasteiger partial charge in [0.2, 0.25) is 6.41 Å². The van der Waals surface area contributed by atoms with Gasteiger partial charge in [-0.3, -0.25) is 9.59 Å². The number of cyclic esters (lactones) is 1. The minimum atomic E-state index is -1.92. The molecule has 0 bridgehead atoms. The zero-order valence-corrected chi connectivity index (χ0v) is 18.7. The van der Waals surface area contributed by atoms with E-state index in [1.807, 2.05) is 0 Å². The molecule has 2 atom stereocenters. The second-order valence-electron chi connectivity index (χ2n) is 9.19. The van der Waals surface area contributed by atoms with Crippen molar-refractivity contribution < 1.29 is 23.8 Å². The lowest BCUT2D eigenvalue weighted by Gasteiger charge is -2.31. The van der Waals surface area contributed by atoms with Crippen LogP contribution in [-0.2, 0) is 39.5 Å². The highest BCUT2D eigenvalue weighted by molar-refractivity contribution is 5.93. The zero-order valence-electron chi connectivity index (χ0n) is 18.7. The minimum absolute atomic E-state index is 0.0458. The Labute approximate surface area is 193 Å². The van der Waals surface area contributed by atoms with E-state index in [2.05, 4.69) is 5.32 Å². The van der Waals surface area contributed by atoms with Crippen molar-refractivity contribution in [2.75, 3.05) is 0 Å². The lowest BCUT2D eigenvalue weighted by Crippen LogP contribution is -2.44. The van der Waals surface area contributed by atoms with Crippen LogP contribution in [0.25, 0.3) is 22.3 Å². The number of amides is 1. The third-order valence-electron chi connectivity index (χ3n) is 7.65. The van der Waals surface area contributed by atoms with Crippen LogP contribution >= 0.6 is 0 Å². The molecular formula is C25H22FN3O5. The zero-order chi connectivity index (χ0) is 23.9. The molecule has 34 heavy (non-hydrogen) atoms. The number of halogens is 1. The molecule has 6 rings (SSSR count). The van der Waals surface area contributed by atoms with E-state index in [1.54, 1.807) is 24.5 Å². The SMILES string of the molecule is CCC1(O)C(=O)OCc2c1cc1n(c2=O)Cc2c-1nc1cc(F)c(C)c3c1c2C(NC=O)CC3. The highest BCUT2D eigenvalue weighted by Gasteiger charge is 2.45. The number of rotatable bonds is 3. The summed E-state index contributed by atoms with van der Waals surface area (Å²) in [5.41, 5.74) is 2.64. The fourth-order valence-corrected chi connectivity index (χ4v) is 5.80. The average Bonchev–Trinajstić information content (AvgIpc) is 3.19. The number of aliphatic hydroxyl groups is 1. The fourth-order valence-electron chi connectivity index (χ4n) is 5.80. The topological polar surface area (TPSA) is 111 Å². The van der Waals surface area contributed by atoms with E-state index < -0.39 is 11.6 Å². The molecule has 0 fully saturated rings. The van der Waals surface area contributed by atoms with Crippen LogP contribution in [0, 0.1) is 12.7 Å². The molecular weight excluding hydrogens is 441 g/mol. The number of benzene rings is 1. The van der Waals surface area contributed by atoms with Gasteiger partial charge >= 0.3 is 5.97 Å². The van der Waals surface area contributed by atoms with Crippen molar-refractivity contribution in [1.29, 1.82) is 0 Å². The number of esters is 1. The number of fused-ring (bicyclic) bond motifs is 5. The van der Waals surface area contributed by atoms with Crippen LogP contribution in [0.1, 0.15) is 59.2 Å². The van der Waals surface area contributed by atoms with E-state index in [-0.39, 0.29) is 48.1 Å². The third-order valence-corrected chi connectivity index (χ3v) is 7.65. The van der Waals surface area contributed by atoms with Crippen molar-refractivity contribution in [2.24, 2.45) is 0 Å². The fraction of sp³-hybridized carbons (Fsp3) is 0.360. The summed E-state index contributed by atoms with van der Waals surface area (Å²) in [6.45, 7) is 3.40. The maximum Gasteiger partial charge on any atom is 0.343 e. The smallest absolute Gasteiger partial charge is 0.343 e. The first-order valence-corrected chi connectivity index (χ1v) is 11.3. The maximum absolute atomic E-state index is 14.8. The van der Waals surface area contributed by atoms with Gasteiger partial charge in [-0.25, -0.2) is 14.2 Å². The Morgan fingerprint density at radius 3 is 2.85 bits per heavy atom. The van der Waals surface area contributed by atoms with Crippen molar-refractivity contribution >= 4 is 23.3 Å². The Hall–Kier alpha value is -3.59. The Morgan fingerprint density at radius 2 is 2.12 bits per heavy atom. The predicted molar refractivity (Wildman–Crippen MR) is 119 cm³/mol. The molecule has 8 nitrogen and oxygen atoms in total. The number of carbonyl (C=O) groups excluding carboxylic acids is 2. The van der Waals surface area contributed by atoms with Crippen LogP contribution in [0.2, 0.25) is 0 Å². The average molecular weight is 463 g/mol. The van der Waals surface area contributed by atoms with E-state index in [9.17, 15) is 23.9 Å². The first-order chi connectivity index (χ1) is 16.3. The molecule has 3 aromatic rings. The molecule has 2 aromatic heterocycles. The number of hydrogen-bond acceptors (Lipinski definition) is 6. The largest absolute Gasteiger partial charge is 0.458 e. The molecule has 1 aromatic carbocycles. The highest BCUT2D eigenvalue weighted by Crippen LogP contribution is 2.45. The Bertz CT molecular complexity index is 1510. The van der Waals surface area contributed by atoms with Gasteiger partial charge < -0.3 is 19.7 Å².